The van der Waals surface area contributed by atoms with Crippen molar-refractivity contribution in [3.05, 3.63) is 84.1 Å². The molecule has 7 nitrogen and oxygen atoms in total. The summed E-state index contributed by atoms with van der Waals surface area (Å²) in [6.45, 7) is 2.61. The van der Waals surface area contributed by atoms with Gasteiger partial charge in [-0.25, -0.2) is 4.90 Å². The molecule has 1 heterocycles. The topological polar surface area (TPSA) is 77.1 Å². The summed E-state index contributed by atoms with van der Waals surface area (Å²) in [5, 5.41) is 3.17. The van der Waals surface area contributed by atoms with Crippen molar-refractivity contribution in [1.82, 2.24) is 0 Å². The SMILES string of the molecule is CCCOc1cccc(NC2=C(c3ccccc3OC)C(=O)N(c3cccc(OC)c3)C2=O)c1. The zero-order chi connectivity index (χ0) is 24.1. The predicted octanol–water partition coefficient (Wildman–Crippen LogP) is 4.89. The van der Waals surface area contributed by atoms with Crippen molar-refractivity contribution in [2.24, 2.45) is 0 Å². The van der Waals surface area contributed by atoms with Crippen LogP contribution in [0.3, 0.4) is 0 Å². The molecule has 1 aliphatic heterocycles. The molecule has 0 aromatic heterocycles. The van der Waals surface area contributed by atoms with Crippen LogP contribution in [0.4, 0.5) is 11.4 Å². The second kappa shape index (κ2) is 10.1. The first kappa shape index (κ1) is 22.9. The summed E-state index contributed by atoms with van der Waals surface area (Å²) in [6.07, 6.45) is 0.878. The number of para-hydroxylation sites is 1. The first-order valence-electron chi connectivity index (χ1n) is 11.0. The number of benzene rings is 3. The Kier molecular flexibility index (Phi) is 6.82. The second-order valence-corrected chi connectivity index (χ2v) is 7.60. The third kappa shape index (κ3) is 4.45. The molecule has 0 saturated heterocycles. The van der Waals surface area contributed by atoms with Crippen LogP contribution in [0, 0.1) is 0 Å². The lowest BCUT2D eigenvalue weighted by atomic mass is 10.0. The Morgan fingerprint density at radius 2 is 1.59 bits per heavy atom. The van der Waals surface area contributed by atoms with Crippen LogP contribution in [0.1, 0.15) is 18.9 Å². The van der Waals surface area contributed by atoms with Crippen molar-refractivity contribution in [2.45, 2.75) is 13.3 Å². The molecule has 3 aromatic rings. The molecule has 2 amide bonds. The van der Waals surface area contributed by atoms with Gasteiger partial charge in [0.1, 0.15) is 22.9 Å². The van der Waals surface area contributed by atoms with E-state index in [2.05, 4.69) is 5.32 Å². The maximum atomic E-state index is 13.7. The van der Waals surface area contributed by atoms with Crippen molar-refractivity contribution in [1.29, 1.82) is 0 Å². The van der Waals surface area contributed by atoms with Gasteiger partial charge in [-0.2, -0.15) is 0 Å². The first-order chi connectivity index (χ1) is 16.6. The van der Waals surface area contributed by atoms with E-state index in [0.717, 1.165) is 11.3 Å². The molecule has 7 heteroatoms. The Morgan fingerprint density at radius 3 is 2.35 bits per heavy atom. The largest absolute Gasteiger partial charge is 0.497 e. The summed E-state index contributed by atoms with van der Waals surface area (Å²) < 4.78 is 16.5. The zero-order valence-electron chi connectivity index (χ0n) is 19.3. The molecule has 0 atom stereocenters. The molecule has 0 spiro atoms. The number of rotatable bonds is 9. The van der Waals surface area contributed by atoms with Crippen LogP contribution in [-0.2, 0) is 9.59 Å². The van der Waals surface area contributed by atoms with E-state index in [1.54, 1.807) is 48.5 Å². The minimum atomic E-state index is -0.473. The smallest absolute Gasteiger partial charge is 0.282 e. The number of hydrogen-bond acceptors (Lipinski definition) is 6. The van der Waals surface area contributed by atoms with Crippen molar-refractivity contribution < 1.29 is 23.8 Å². The third-order valence-corrected chi connectivity index (χ3v) is 5.35. The monoisotopic (exact) mass is 458 g/mol. The molecule has 34 heavy (non-hydrogen) atoms. The molecule has 174 valence electrons. The molecule has 0 bridgehead atoms. The first-order valence-corrected chi connectivity index (χ1v) is 11.0. The quantitative estimate of drug-likeness (QED) is 0.460. The fourth-order valence-electron chi connectivity index (χ4n) is 3.76. The third-order valence-electron chi connectivity index (χ3n) is 5.35. The number of anilines is 2. The summed E-state index contributed by atoms with van der Waals surface area (Å²) in [5.41, 5.74) is 1.95. The molecule has 0 aliphatic carbocycles. The average Bonchev–Trinajstić information content (AvgIpc) is 3.11. The van der Waals surface area contributed by atoms with Gasteiger partial charge in [-0.15, -0.1) is 0 Å². The van der Waals surface area contributed by atoms with Gasteiger partial charge < -0.3 is 19.5 Å². The molecule has 4 rings (SSSR count). The Balaban J connectivity index is 1.80. The van der Waals surface area contributed by atoms with Crippen LogP contribution in [0.2, 0.25) is 0 Å². The minimum absolute atomic E-state index is 0.157. The number of carbonyl (C=O) groups excluding carboxylic acids is 2. The average molecular weight is 459 g/mol. The van der Waals surface area contributed by atoms with E-state index in [1.807, 2.05) is 31.2 Å². The van der Waals surface area contributed by atoms with Crippen molar-refractivity contribution in [3.63, 3.8) is 0 Å². The number of amides is 2. The molecule has 0 radical (unpaired) electrons. The number of nitrogens with one attached hydrogen (secondary N) is 1. The van der Waals surface area contributed by atoms with Crippen molar-refractivity contribution >= 4 is 28.8 Å². The maximum Gasteiger partial charge on any atom is 0.282 e. The van der Waals surface area contributed by atoms with E-state index in [0.29, 0.717) is 40.8 Å². The van der Waals surface area contributed by atoms with Crippen LogP contribution in [0.5, 0.6) is 17.2 Å². The normalized spacial score (nSPS) is 13.3. The molecule has 1 aliphatic rings. The van der Waals surface area contributed by atoms with Gasteiger partial charge in [-0.05, 0) is 36.8 Å². The lowest BCUT2D eigenvalue weighted by Crippen LogP contribution is -2.32. The fraction of sp³-hybridized carbons (Fsp3) is 0.185. The van der Waals surface area contributed by atoms with Gasteiger partial charge in [-0.1, -0.05) is 37.3 Å². The van der Waals surface area contributed by atoms with Crippen molar-refractivity contribution in [2.75, 3.05) is 31.0 Å². The van der Waals surface area contributed by atoms with Crippen LogP contribution in [0.25, 0.3) is 5.57 Å². The molecular formula is C27H26N2O5. The van der Waals surface area contributed by atoms with Gasteiger partial charge in [0.25, 0.3) is 11.8 Å². The molecule has 0 fully saturated rings. The summed E-state index contributed by atoms with van der Waals surface area (Å²) >= 11 is 0. The highest BCUT2D eigenvalue weighted by atomic mass is 16.5. The Bertz CT molecular complexity index is 1250. The van der Waals surface area contributed by atoms with Crippen LogP contribution in [-0.4, -0.2) is 32.6 Å². The fourth-order valence-corrected chi connectivity index (χ4v) is 3.76. The van der Waals surface area contributed by atoms with E-state index in [9.17, 15) is 9.59 Å². The Labute approximate surface area is 198 Å². The summed E-state index contributed by atoms with van der Waals surface area (Å²) in [5.74, 6) is 0.778. The van der Waals surface area contributed by atoms with Crippen LogP contribution < -0.4 is 24.4 Å². The Hall–Kier alpha value is -4.26. The standard InChI is InChI=1S/C27H26N2O5/c1-4-15-34-21-12-7-9-18(16-21)28-25-24(22-13-5-6-14-23(22)33-3)26(30)29(27(25)31)19-10-8-11-20(17-19)32-2/h5-14,16-17,28H,4,15H2,1-3H3. The molecule has 0 unspecified atom stereocenters. The van der Waals surface area contributed by atoms with E-state index in [4.69, 9.17) is 14.2 Å². The van der Waals surface area contributed by atoms with Crippen LogP contribution >= 0.6 is 0 Å². The second-order valence-electron chi connectivity index (χ2n) is 7.60. The van der Waals surface area contributed by atoms with Gasteiger partial charge >= 0.3 is 0 Å². The number of imide groups is 1. The van der Waals surface area contributed by atoms with Crippen molar-refractivity contribution in [3.8, 4) is 17.2 Å². The molecule has 0 saturated carbocycles. The van der Waals surface area contributed by atoms with Crippen LogP contribution in [0.15, 0.2) is 78.5 Å². The number of ether oxygens (including phenoxy) is 3. The molecular weight excluding hydrogens is 432 g/mol. The summed E-state index contributed by atoms with van der Waals surface area (Å²) in [6, 6.07) is 21.3. The number of methoxy groups -OCH3 is 2. The number of hydrogen-bond donors (Lipinski definition) is 1. The summed E-state index contributed by atoms with van der Waals surface area (Å²) in [4.78, 5) is 28.5. The highest BCUT2D eigenvalue weighted by molar-refractivity contribution is 6.46. The highest BCUT2D eigenvalue weighted by Crippen LogP contribution is 2.38. The highest BCUT2D eigenvalue weighted by Gasteiger charge is 2.41. The van der Waals surface area contributed by atoms with E-state index in [1.165, 1.54) is 14.2 Å². The lowest BCUT2D eigenvalue weighted by Gasteiger charge is -2.16. The van der Waals surface area contributed by atoms with E-state index < -0.39 is 11.8 Å². The van der Waals surface area contributed by atoms with Gasteiger partial charge in [0.05, 0.1) is 32.1 Å². The molecule has 1 N–H and O–H groups in total. The minimum Gasteiger partial charge on any atom is -0.497 e. The van der Waals surface area contributed by atoms with E-state index >= 15 is 0 Å². The predicted molar refractivity (Wildman–Crippen MR) is 131 cm³/mol. The van der Waals surface area contributed by atoms with Gasteiger partial charge in [-0.3, -0.25) is 9.59 Å². The summed E-state index contributed by atoms with van der Waals surface area (Å²) in [7, 11) is 3.06. The van der Waals surface area contributed by atoms with Gasteiger partial charge in [0, 0.05) is 23.4 Å². The number of carbonyl (C=O) groups is 2. The Morgan fingerprint density at radius 1 is 0.824 bits per heavy atom. The van der Waals surface area contributed by atoms with Gasteiger partial charge in [0.15, 0.2) is 0 Å². The van der Waals surface area contributed by atoms with Gasteiger partial charge in [0.2, 0.25) is 0 Å². The van der Waals surface area contributed by atoms with E-state index in [-0.39, 0.29) is 11.3 Å². The lowest BCUT2D eigenvalue weighted by molar-refractivity contribution is -0.120. The molecule has 3 aromatic carbocycles. The zero-order valence-corrected chi connectivity index (χ0v) is 19.3. The maximum absolute atomic E-state index is 13.7. The number of nitrogens with zero attached hydrogens (tertiary/aromatic N) is 1.